The summed E-state index contributed by atoms with van der Waals surface area (Å²) in [6, 6.07) is 2.14. The molecule has 2 atom stereocenters. The molecule has 3 heterocycles. The van der Waals surface area contributed by atoms with Gasteiger partial charge in [0.05, 0.1) is 17.7 Å². The van der Waals surface area contributed by atoms with E-state index in [4.69, 9.17) is 25.8 Å². The molecule has 1 aliphatic carbocycles. The van der Waals surface area contributed by atoms with Crippen LogP contribution in [0, 0.1) is 18.3 Å². The molecular formula is C24H31ClN2O5. The van der Waals surface area contributed by atoms with Gasteiger partial charge in [0.1, 0.15) is 0 Å². The molecule has 3 aliphatic heterocycles. The van der Waals surface area contributed by atoms with E-state index in [1.165, 1.54) is 7.11 Å². The lowest BCUT2D eigenvalue weighted by molar-refractivity contribution is -0.124. The van der Waals surface area contributed by atoms with E-state index in [1.807, 2.05) is 13.8 Å². The molecule has 5 rings (SSSR count). The maximum Gasteiger partial charge on any atom is 0.338 e. The summed E-state index contributed by atoms with van der Waals surface area (Å²) in [6.07, 6.45) is 5.93. The molecule has 4 aliphatic rings. The Kier molecular flexibility index (Phi) is 5.32. The standard InChI is InChI=1S/C24H31ClN2O5/c1-14-17(22(29)30-3)10-18(25)21-20(14)31-23(2,32-21)15-4-6-16(7-5-15)27-9-8-24(13-27)11-19(28)26-12-24/h10,15-16H,4-9,11-13H2,1-3H3,(H,26,28)/t15-,16-,23?,24?. The van der Waals surface area contributed by atoms with E-state index in [2.05, 4.69) is 10.2 Å². The van der Waals surface area contributed by atoms with Crippen molar-refractivity contribution in [2.75, 3.05) is 26.7 Å². The third kappa shape index (κ3) is 3.54. The molecule has 174 valence electrons. The lowest BCUT2D eigenvalue weighted by atomic mass is 9.80. The summed E-state index contributed by atoms with van der Waals surface area (Å²) >= 11 is 6.44. The Morgan fingerprint density at radius 1 is 1.25 bits per heavy atom. The first-order chi connectivity index (χ1) is 15.2. The lowest BCUT2D eigenvalue weighted by Gasteiger charge is -2.40. The van der Waals surface area contributed by atoms with Gasteiger partial charge in [0.2, 0.25) is 5.91 Å². The molecule has 1 N–H and O–H groups in total. The Morgan fingerprint density at radius 2 is 1.97 bits per heavy atom. The number of fused-ring (bicyclic) bond motifs is 1. The summed E-state index contributed by atoms with van der Waals surface area (Å²) in [4.78, 5) is 26.4. The highest BCUT2D eigenvalue weighted by atomic mass is 35.5. The average molecular weight is 463 g/mol. The molecule has 0 radical (unpaired) electrons. The van der Waals surface area contributed by atoms with E-state index in [1.54, 1.807) is 6.07 Å². The largest absolute Gasteiger partial charge is 0.465 e. The number of carbonyl (C=O) groups excluding carboxylic acids is 2. The molecule has 2 unspecified atom stereocenters. The predicted molar refractivity (Wildman–Crippen MR) is 119 cm³/mol. The quantitative estimate of drug-likeness (QED) is 0.690. The van der Waals surface area contributed by atoms with Crippen LogP contribution in [-0.2, 0) is 9.53 Å². The van der Waals surface area contributed by atoms with Crippen LogP contribution < -0.4 is 14.8 Å². The van der Waals surface area contributed by atoms with Gasteiger partial charge < -0.3 is 19.5 Å². The molecule has 1 aromatic rings. The fraction of sp³-hybridized carbons (Fsp3) is 0.667. The lowest BCUT2D eigenvalue weighted by Crippen LogP contribution is -2.47. The van der Waals surface area contributed by atoms with E-state index in [0.717, 1.165) is 51.7 Å². The van der Waals surface area contributed by atoms with Gasteiger partial charge in [-0.1, -0.05) is 11.6 Å². The number of methoxy groups -OCH3 is 1. The van der Waals surface area contributed by atoms with Crippen LogP contribution in [0.4, 0.5) is 0 Å². The van der Waals surface area contributed by atoms with Crippen molar-refractivity contribution >= 4 is 23.5 Å². The van der Waals surface area contributed by atoms with Crippen LogP contribution in [0.25, 0.3) is 0 Å². The minimum absolute atomic E-state index is 0.144. The van der Waals surface area contributed by atoms with Crippen molar-refractivity contribution in [3.8, 4) is 11.5 Å². The highest BCUT2D eigenvalue weighted by Gasteiger charge is 2.50. The second kappa shape index (κ2) is 7.80. The van der Waals surface area contributed by atoms with Gasteiger partial charge in [-0.3, -0.25) is 9.69 Å². The maximum absolute atomic E-state index is 12.1. The number of halogens is 1. The predicted octanol–water partition coefficient (Wildman–Crippen LogP) is 3.69. The Labute approximate surface area is 193 Å². The Morgan fingerprint density at radius 3 is 2.62 bits per heavy atom. The summed E-state index contributed by atoms with van der Waals surface area (Å²) < 4.78 is 17.5. The van der Waals surface area contributed by atoms with E-state index in [9.17, 15) is 9.59 Å². The fourth-order valence-corrected chi connectivity index (χ4v) is 6.35. The first-order valence-corrected chi connectivity index (χ1v) is 11.9. The number of hydrogen-bond donors (Lipinski definition) is 1. The molecule has 1 saturated carbocycles. The van der Waals surface area contributed by atoms with Gasteiger partial charge in [-0.15, -0.1) is 0 Å². The molecule has 8 heteroatoms. The van der Waals surface area contributed by atoms with Crippen molar-refractivity contribution in [2.45, 2.75) is 64.2 Å². The van der Waals surface area contributed by atoms with Crippen LogP contribution in [-0.4, -0.2) is 55.3 Å². The minimum atomic E-state index is -0.801. The van der Waals surface area contributed by atoms with Crippen LogP contribution in [0.1, 0.15) is 61.4 Å². The number of nitrogens with zero attached hydrogens (tertiary/aromatic N) is 1. The highest BCUT2D eigenvalue weighted by Crippen LogP contribution is 2.52. The number of esters is 1. The zero-order chi connectivity index (χ0) is 22.7. The van der Waals surface area contributed by atoms with Crippen molar-refractivity contribution in [3.63, 3.8) is 0 Å². The first kappa shape index (κ1) is 21.8. The Hall–Kier alpha value is -1.99. The van der Waals surface area contributed by atoms with Gasteiger partial charge in [0, 0.05) is 49.4 Å². The minimum Gasteiger partial charge on any atom is -0.465 e. The summed E-state index contributed by atoms with van der Waals surface area (Å²) in [6.45, 7) is 6.72. The molecule has 0 aromatic heterocycles. The normalized spacial score (nSPS) is 34.2. The topological polar surface area (TPSA) is 77.1 Å². The second-order valence-corrected chi connectivity index (χ2v) is 10.5. The fourth-order valence-electron chi connectivity index (χ4n) is 6.12. The molecule has 1 aromatic carbocycles. The van der Waals surface area contributed by atoms with Gasteiger partial charge in [0.25, 0.3) is 5.79 Å². The van der Waals surface area contributed by atoms with Gasteiger partial charge in [0.15, 0.2) is 11.5 Å². The van der Waals surface area contributed by atoms with Gasteiger partial charge in [-0.25, -0.2) is 4.79 Å². The number of carbonyl (C=O) groups is 2. The second-order valence-electron chi connectivity index (χ2n) is 10.1. The average Bonchev–Trinajstić information content (AvgIpc) is 3.48. The number of hydrogen-bond acceptors (Lipinski definition) is 6. The molecule has 7 nitrogen and oxygen atoms in total. The number of benzene rings is 1. The zero-order valence-electron chi connectivity index (χ0n) is 19.0. The first-order valence-electron chi connectivity index (χ1n) is 11.5. The number of rotatable bonds is 3. The molecule has 2 saturated heterocycles. The molecule has 1 amide bonds. The number of nitrogens with one attached hydrogen (secondary N) is 1. The van der Waals surface area contributed by atoms with Crippen LogP contribution in [0.15, 0.2) is 6.07 Å². The molecule has 1 spiro atoms. The Balaban J connectivity index is 1.25. The van der Waals surface area contributed by atoms with Crippen molar-refractivity contribution in [2.24, 2.45) is 11.3 Å². The van der Waals surface area contributed by atoms with Crippen molar-refractivity contribution < 1.29 is 23.8 Å². The molecule has 32 heavy (non-hydrogen) atoms. The van der Waals surface area contributed by atoms with E-state index < -0.39 is 11.8 Å². The van der Waals surface area contributed by atoms with Gasteiger partial charge in [-0.05, 0) is 51.6 Å². The number of amides is 1. The van der Waals surface area contributed by atoms with Crippen LogP contribution in [0.5, 0.6) is 11.5 Å². The van der Waals surface area contributed by atoms with Gasteiger partial charge in [-0.2, -0.15) is 0 Å². The zero-order valence-corrected chi connectivity index (χ0v) is 19.7. The summed E-state index contributed by atoms with van der Waals surface area (Å²) in [7, 11) is 1.35. The van der Waals surface area contributed by atoms with Crippen molar-refractivity contribution in [1.29, 1.82) is 0 Å². The van der Waals surface area contributed by atoms with Crippen LogP contribution >= 0.6 is 11.6 Å². The monoisotopic (exact) mass is 462 g/mol. The number of ether oxygens (including phenoxy) is 3. The van der Waals surface area contributed by atoms with Crippen LogP contribution in [0.3, 0.4) is 0 Å². The van der Waals surface area contributed by atoms with E-state index in [0.29, 0.717) is 40.1 Å². The maximum atomic E-state index is 12.1. The smallest absolute Gasteiger partial charge is 0.338 e. The molecule has 0 bridgehead atoms. The third-order valence-electron chi connectivity index (χ3n) is 8.07. The van der Waals surface area contributed by atoms with E-state index in [-0.39, 0.29) is 17.2 Å². The molecular weight excluding hydrogens is 432 g/mol. The van der Waals surface area contributed by atoms with E-state index >= 15 is 0 Å². The summed E-state index contributed by atoms with van der Waals surface area (Å²) in [5.41, 5.74) is 1.23. The summed E-state index contributed by atoms with van der Waals surface area (Å²) in [5, 5.41) is 3.39. The summed E-state index contributed by atoms with van der Waals surface area (Å²) in [5.74, 6) is 0.248. The highest BCUT2D eigenvalue weighted by molar-refractivity contribution is 6.32. The van der Waals surface area contributed by atoms with Gasteiger partial charge >= 0.3 is 5.97 Å². The Bertz CT molecular complexity index is 960. The molecule has 3 fully saturated rings. The SMILES string of the molecule is COC(=O)c1cc(Cl)c2c(c1C)OC(C)([C@H]1CC[C@H](N3CCC4(CNC(=O)C4)C3)CC1)O2. The van der Waals surface area contributed by atoms with Crippen molar-refractivity contribution in [1.82, 2.24) is 10.2 Å². The van der Waals surface area contributed by atoms with Crippen LogP contribution in [0.2, 0.25) is 5.02 Å². The number of likely N-dealkylation sites (tertiary alicyclic amines) is 1. The third-order valence-corrected chi connectivity index (χ3v) is 8.35. The van der Waals surface area contributed by atoms with Crippen molar-refractivity contribution in [3.05, 3.63) is 22.2 Å².